The highest BCUT2D eigenvalue weighted by atomic mass is 32.1. The Morgan fingerprint density at radius 1 is 1.25 bits per heavy atom. The molecule has 2 aromatic rings. The minimum atomic E-state index is 0.309. The Morgan fingerprint density at radius 3 is 2.90 bits per heavy atom. The van der Waals surface area contributed by atoms with Crippen molar-refractivity contribution in [3.05, 3.63) is 44.3 Å². The summed E-state index contributed by atoms with van der Waals surface area (Å²) in [5.74, 6) is 0. The van der Waals surface area contributed by atoms with Gasteiger partial charge in [-0.3, -0.25) is 0 Å². The maximum absolute atomic E-state index is 5.67. The van der Waals surface area contributed by atoms with Crippen molar-refractivity contribution in [2.24, 2.45) is 0 Å². The van der Waals surface area contributed by atoms with Crippen molar-refractivity contribution in [1.82, 2.24) is 10.2 Å². The second-order valence-electron chi connectivity index (χ2n) is 5.38. The molecule has 5 heteroatoms. The fraction of sp³-hybridized carbons (Fsp3) is 0.400. The molecule has 20 heavy (non-hydrogen) atoms. The maximum atomic E-state index is 5.67. The van der Waals surface area contributed by atoms with E-state index in [4.69, 9.17) is 12.2 Å². The second-order valence-corrected chi connectivity index (χ2v) is 7.75. The number of nitrogens with one attached hydrogen (secondary N) is 1. The first-order valence-electron chi connectivity index (χ1n) is 7.00. The normalized spacial score (nSPS) is 21.6. The van der Waals surface area contributed by atoms with Crippen LogP contribution in [0.5, 0.6) is 0 Å². The lowest BCUT2D eigenvalue weighted by Crippen LogP contribution is -2.46. The molecule has 0 radical (unpaired) electrons. The molecule has 2 nitrogen and oxygen atoms in total. The standard InChI is InChI=1S/C15H16N2S3/c18-15(16-10-3-4-10)17-7-5-12-11(6-9-20-12)14(17)13-2-1-8-19-13/h1-2,6,8-10,14H,3-5,7H2,(H,16,18). The first-order valence-corrected chi connectivity index (χ1v) is 9.16. The van der Waals surface area contributed by atoms with Crippen molar-refractivity contribution >= 4 is 40.0 Å². The highest BCUT2D eigenvalue weighted by Gasteiger charge is 2.33. The maximum Gasteiger partial charge on any atom is 0.169 e. The molecule has 1 aliphatic heterocycles. The second kappa shape index (κ2) is 5.13. The molecule has 1 aliphatic carbocycles. The SMILES string of the molecule is S=C(NC1CC1)N1CCc2sccc2C1c1cccs1. The van der Waals surface area contributed by atoms with Gasteiger partial charge in [0.2, 0.25) is 0 Å². The molecule has 2 aliphatic rings. The van der Waals surface area contributed by atoms with Crippen molar-refractivity contribution in [2.75, 3.05) is 6.54 Å². The van der Waals surface area contributed by atoms with Crippen molar-refractivity contribution < 1.29 is 0 Å². The first-order chi connectivity index (χ1) is 9.83. The molecule has 0 saturated heterocycles. The molecule has 0 amide bonds. The van der Waals surface area contributed by atoms with Crippen LogP contribution in [0.15, 0.2) is 29.0 Å². The Balaban J connectivity index is 1.69. The Morgan fingerprint density at radius 2 is 2.15 bits per heavy atom. The number of thiocarbonyl (C=S) groups is 1. The molecule has 1 atom stereocenters. The van der Waals surface area contributed by atoms with Gasteiger partial charge in [-0.05, 0) is 59.9 Å². The third kappa shape index (κ3) is 2.28. The Labute approximate surface area is 132 Å². The van der Waals surface area contributed by atoms with E-state index in [-0.39, 0.29) is 0 Å². The summed E-state index contributed by atoms with van der Waals surface area (Å²) in [5.41, 5.74) is 1.45. The molecule has 0 bridgehead atoms. The number of hydrogen-bond acceptors (Lipinski definition) is 3. The van der Waals surface area contributed by atoms with Gasteiger partial charge in [-0.15, -0.1) is 22.7 Å². The summed E-state index contributed by atoms with van der Waals surface area (Å²) in [7, 11) is 0. The van der Waals surface area contributed by atoms with E-state index in [9.17, 15) is 0 Å². The van der Waals surface area contributed by atoms with E-state index < -0.39 is 0 Å². The number of hydrogen-bond donors (Lipinski definition) is 1. The van der Waals surface area contributed by atoms with Crippen LogP contribution in [0, 0.1) is 0 Å². The summed E-state index contributed by atoms with van der Waals surface area (Å²) in [5, 5.41) is 8.81. The number of fused-ring (bicyclic) bond motifs is 1. The Hall–Kier alpha value is -0.910. The lowest BCUT2D eigenvalue weighted by Gasteiger charge is -2.37. The van der Waals surface area contributed by atoms with Gasteiger partial charge in [0.15, 0.2) is 5.11 Å². The number of nitrogens with zero attached hydrogens (tertiary/aromatic N) is 1. The summed E-state index contributed by atoms with van der Waals surface area (Å²) in [6.45, 7) is 1.02. The van der Waals surface area contributed by atoms with E-state index in [0.717, 1.165) is 18.1 Å². The van der Waals surface area contributed by atoms with E-state index in [1.807, 2.05) is 22.7 Å². The van der Waals surface area contributed by atoms with E-state index in [0.29, 0.717) is 12.1 Å². The van der Waals surface area contributed by atoms with Crippen molar-refractivity contribution in [2.45, 2.75) is 31.3 Å². The molecular formula is C15H16N2S3. The minimum absolute atomic E-state index is 0.309. The summed E-state index contributed by atoms with van der Waals surface area (Å²) < 4.78 is 0. The van der Waals surface area contributed by atoms with Crippen LogP contribution >= 0.6 is 34.9 Å². The van der Waals surface area contributed by atoms with Crippen LogP contribution in [0.25, 0.3) is 0 Å². The highest BCUT2D eigenvalue weighted by molar-refractivity contribution is 7.80. The molecule has 3 heterocycles. The quantitative estimate of drug-likeness (QED) is 0.848. The van der Waals surface area contributed by atoms with Crippen LogP contribution in [0.4, 0.5) is 0 Å². The van der Waals surface area contributed by atoms with E-state index in [1.165, 1.54) is 28.2 Å². The summed E-state index contributed by atoms with van der Waals surface area (Å²) in [4.78, 5) is 5.30. The molecule has 0 spiro atoms. The van der Waals surface area contributed by atoms with Gasteiger partial charge in [0, 0.05) is 22.3 Å². The fourth-order valence-electron chi connectivity index (χ4n) is 2.77. The van der Waals surface area contributed by atoms with Gasteiger partial charge in [-0.1, -0.05) is 6.07 Å². The third-order valence-electron chi connectivity index (χ3n) is 3.94. The predicted octanol–water partition coefficient (Wildman–Crippen LogP) is 3.79. The van der Waals surface area contributed by atoms with Crippen LogP contribution in [0.3, 0.4) is 0 Å². The minimum Gasteiger partial charge on any atom is -0.360 e. The molecule has 4 rings (SSSR count). The zero-order valence-electron chi connectivity index (χ0n) is 11.0. The lowest BCUT2D eigenvalue weighted by atomic mass is 9.99. The van der Waals surface area contributed by atoms with Crippen LogP contribution in [0.2, 0.25) is 0 Å². The molecule has 2 aromatic heterocycles. The zero-order valence-corrected chi connectivity index (χ0v) is 13.5. The number of thiophene rings is 2. The van der Waals surface area contributed by atoms with Crippen LogP contribution < -0.4 is 5.32 Å². The van der Waals surface area contributed by atoms with E-state index in [1.54, 1.807) is 0 Å². The van der Waals surface area contributed by atoms with Gasteiger partial charge in [0.05, 0.1) is 6.04 Å². The highest BCUT2D eigenvalue weighted by Crippen LogP contribution is 2.39. The molecule has 1 saturated carbocycles. The van der Waals surface area contributed by atoms with Crippen molar-refractivity contribution in [3.8, 4) is 0 Å². The average molecular weight is 321 g/mol. The third-order valence-corrected chi connectivity index (χ3v) is 6.22. The van der Waals surface area contributed by atoms with Gasteiger partial charge in [-0.25, -0.2) is 0 Å². The molecule has 0 aromatic carbocycles. The van der Waals surface area contributed by atoms with Gasteiger partial charge >= 0.3 is 0 Å². The smallest absolute Gasteiger partial charge is 0.169 e. The number of rotatable bonds is 2. The largest absolute Gasteiger partial charge is 0.360 e. The Bertz CT molecular complexity index is 613. The molecule has 1 fully saturated rings. The van der Waals surface area contributed by atoms with Gasteiger partial charge < -0.3 is 10.2 Å². The monoisotopic (exact) mass is 320 g/mol. The lowest BCUT2D eigenvalue weighted by molar-refractivity contribution is 0.340. The van der Waals surface area contributed by atoms with Crippen molar-refractivity contribution in [3.63, 3.8) is 0 Å². The molecule has 1 unspecified atom stereocenters. The first kappa shape index (κ1) is 12.8. The Kier molecular flexibility index (Phi) is 3.28. The summed E-state index contributed by atoms with van der Waals surface area (Å²) in [6.07, 6.45) is 3.64. The van der Waals surface area contributed by atoms with Gasteiger partial charge in [-0.2, -0.15) is 0 Å². The molecule has 104 valence electrons. The van der Waals surface area contributed by atoms with E-state index in [2.05, 4.69) is 39.2 Å². The van der Waals surface area contributed by atoms with E-state index >= 15 is 0 Å². The van der Waals surface area contributed by atoms with Crippen LogP contribution in [-0.2, 0) is 6.42 Å². The van der Waals surface area contributed by atoms with Crippen LogP contribution in [0.1, 0.15) is 34.2 Å². The molecule has 1 N–H and O–H groups in total. The van der Waals surface area contributed by atoms with Gasteiger partial charge in [0.1, 0.15) is 0 Å². The van der Waals surface area contributed by atoms with Crippen molar-refractivity contribution in [1.29, 1.82) is 0 Å². The van der Waals surface area contributed by atoms with Gasteiger partial charge in [0.25, 0.3) is 0 Å². The molecular weight excluding hydrogens is 304 g/mol. The zero-order chi connectivity index (χ0) is 13.5. The summed E-state index contributed by atoms with van der Waals surface area (Å²) >= 11 is 9.38. The topological polar surface area (TPSA) is 15.3 Å². The average Bonchev–Trinajstić information content (AvgIpc) is 2.97. The van der Waals surface area contributed by atoms with Crippen LogP contribution in [-0.4, -0.2) is 22.6 Å². The predicted molar refractivity (Wildman–Crippen MR) is 89.6 cm³/mol. The summed E-state index contributed by atoms with van der Waals surface area (Å²) in [6, 6.07) is 7.57. The fourth-order valence-corrected chi connectivity index (χ4v) is 4.90.